The molecule has 0 bridgehead atoms. The first-order valence-corrected chi connectivity index (χ1v) is 11.3. The number of unbranched alkanes of at least 4 members (excludes halogenated alkanes) is 11. The molecule has 0 aromatic heterocycles. The lowest BCUT2D eigenvalue weighted by Crippen LogP contribution is -2.29. The standard InChI is InChI=1S/C22H47NO2/c1-3-5-7-9-13-17-23(19-20-24)18-14-10-12-16-22-25-21-15-11-8-6-4-2/h24H,3-22H2,1-2H3. The second-order valence-corrected chi connectivity index (χ2v) is 7.42. The van der Waals surface area contributed by atoms with E-state index in [9.17, 15) is 5.11 Å². The highest BCUT2D eigenvalue weighted by Gasteiger charge is 2.03. The van der Waals surface area contributed by atoms with Gasteiger partial charge in [-0.15, -0.1) is 0 Å². The van der Waals surface area contributed by atoms with E-state index in [4.69, 9.17) is 4.74 Å². The first kappa shape index (κ1) is 24.9. The van der Waals surface area contributed by atoms with Gasteiger partial charge in [0.2, 0.25) is 0 Å². The summed E-state index contributed by atoms with van der Waals surface area (Å²) in [7, 11) is 0. The maximum absolute atomic E-state index is 9.21. The lowest BCUT2D eigenvalue weighted by atomic mass is 10.1. The summed E-state index contributed by atoms with van der Waals surface area (Å²) in [6.45, 7) is 9.84. The van der Waals surface area contributed by atoms with Crippen LogP contribution in [0.25, 0.3) is 0 Å². The molecule has 1 N–H and O–H groups in total. The van der Waals surface area contributed by atoms with Crippen molar-refractivity contribution in [2.45, 2.75) is 104 Å². The number of aliphatic hydroxyl groups is 1. The number of aliphatic hydroxyl groups excluding tert-OH is 1. The average molecular weight is 358 g/mol. The van der Waals surface area contributed by atoms with Crippen LogP contribution < -0.4 is 0 Å². The number of hydrogen-bond acceptors (Lipinski definition) is 3. The average Bonchev–Trinajstić information content (AvgIpc) is 2.62. The Bertz CT molecular complexity index is 236. The van der Waals surface area contributed by atoms with Crippen LogP contribution in [0.5, 0.6) is 0 Å². The molecule has 0 aliphatic carbocycles. The van der Waals surface area contributed by atoms with Crippen LogP contribution in [0.4, 0.5) is 0 Å². The van der Waals surface area contributed by atoms with Crippen molar-refractivity contribution in [3.05, 3.63) is 0 Å². The van der Waals surface area contributed by atoms with E-state index in [1.165, 1.54) is 89.9 Å². The first-order valence-electron chi connectivity index (χ1n) is 11.3. The molecule has 0 heterocycles. The Labute approximate surface area is 158 Å². The molecule has 3 nitrogen and oxygen atoms in total. The van der Waals surface area contributed by atoms with E-state index < -0.39 is 0 Å². The molecule has 0 saturated carbocycles. The molecule has 0 aromatic carbocycles. The van der Waals surface area contributed by atoms with E-state index in [0.717, 1.165) is 32.8 Å². The van der Waals surface area contributed by atoms with Gasteiger partial charge in [-0.25, -0.2) is 0 Å². The van der Waals surface area contributed by atoms with E-state index in [1.807, 2.05) is 0 Å². The fourth-order valence-corrected chi connectivity index (χ4v) is 3.22. The van der Waals surface area contributed by atoms with Gasteiger partial charge in [-0.1, -0.05) is 78.1 Å². The molecule has 0 spiro atoms. The highest BCUT2D eigenvalue weighted by Crippen LogP contribution is 2.07. The van der Waals surface area contributed by atoms with Gasteiger partial charge in [0, 0.05) is 19.8 Å². The molecule has 0 radical (unpaired) electrons. The second-order valence-electron chi connectivity index (χ2n) is 7.42. The van der Waals surface area contributed by atoms with Crippen LogP contribution in [0.1, 0.15) is 104 Å². The topological polar surface area (TPSA) is 32.7 Å². The van der Waals surface area contributed by atoms with E-state index >= 15 is 0 Å². The van der Waals surface area contributed by atoms with E-state index in [1.54, 1.807) is 0 Å². The van der Waals surface area contributed by atoms with Gasteiger partial charge in [0.05, 0.1) is 6.61 Å². The van der Waals surface area contributed by atoms with Crippen molar-refractivity contribution in [1.29, 1.82) is 0 Å². The van der Waals surface area contributed by atoms with Crippen LogP contribution in [-0.2, 0) is 4.74 Å². The summed E-state index contributed by atoms with van der Waals surface area (Å²) in [6, 6.07) is 0. The minimum Gasteiger partial charge on any atom is -0.395 e. The number of nitrogens with zero attached hydrogens (tertiary/aromatic N) is 1. The van der Waals surface area contributed by atoms with Crippen LogP contribution in [-0.4, -0.2) is 49.5 Å². The van der Waals surface area contributed by atoms with Crippen molar-refractivity contribution in [3.63, 3.8) is 0 Å². The molecule has 0 saturated heterocycles. The Kier molecular flexibility index (Phi) is 21.8. The highest BCUT2D eigenvalue weighted by atomic mass is 16.5. The summed E-state index contributed by atoms with van der Waals surface area (Å²) in [5, 5.41) is 9.21. The molecule has 25 heavy (non-hydrogen) atoms. The SMILES string of the molecule is CCCCCCCOCCCCCCN(CCO)CCCCCCC. The van der Waals surface area contributed by atoms with E-state index in [0.29, 0.717) is 6.61 Å². The lowest BCUT2D eigenvalue weighted by molar-refractivity contribution is 0.125. The van der Waals surface area contributed by atoms with Gasteiger partial charge in [-0.2, -0.15) is 0 Å². The molecule has 0 aliphatic heterocycles. The maximum atomic E-state index is 9.21. The minimum absolute atomic E-state index is 0.293. The Morgan fingerprint density at radius 3 is 1.44 bits per heavy atom. The lowest BCUT2D eigenvalue weighted by Gasteiger charge is -2.21. The van der Waals surface area contributed by atoms with Crippen molar-refractivity contribution in [2.24, 2.45) is 0 Å². The smallest absolute Gasteiger partial charge is 0.0558 e. The van der Waals surface area contributed by atoms with Crippen LogP contribution in [0.15, 0.2) is 0 Å². The fraction of sp³-hybridized carbons (Fsp3) is 1.00. The Balaban J connectivity index is 3.35. The third kappa shape index (κ3) is 20.0. The van der Waals surface area contributed by atoms with E-state index in [2.05, 4.69) is 18.7 Å². The summed E-state index contributed by atoms with van der Waals surface area (Å²) in [5.74, 6) is 0. The molecular weight excluding hydrogens is 310 g/mol. The van der Waals surface area contributed by atoms with Crippen molar-refractivity contribution >= 4 is 0 Å². The van der Waals surface area contributed by atoms with Crippen molar-refractivity contribution in [1.82, 2.24) is 4.90 Å². The van der Waals surface area contributed by atoms with E-state index in [-0.39, 0.29) is 0 Å². The zero-order valence-electron chi connectivity index (χ0n) is 17.4. The van der Waals surface area contributed by atoms with Crippen LogP contribution in [0, 0.1) is 0 Å². The number of rotatable bonds is 21. The normalized spacial score (nSPS) is 11.5. The van der Waals surface area contributed by atoms with Crippen LogP contribution in [0.3, 0.4) is 0 Å². The Morgan fingerprint density at radius 1 is 0.560 bits per heavy atom. The van der Waals surface area contributed by atoms with Crippen molar-refractivity contribution in [2.75, 3.05) is 39.5 Å². The predicted molar refractivity (Wildman–Crippen MR) is 110 cm³/mol. The zero-order chi connectivity index (χ0) is 18.4. The summed E-state index contributed by atoms with van der Waals surface area (Å²) in [4.78, 5) is 2.44. The van der Waals surface area contributed by atoms with Gasteiger partial charge in [0.1, 0.15) is 0 Å². The van der Waals surface area contributed by atoms with Gasteiger partial charge in [0.25, 0.3) is 0 Å². The number of hydrogen-bond donors (Lipinski definition) is 1. The summed E-state index contributed by atoms with van der Waals surface area (Å²) in [5.41, 5.74) is 0. The van der Waals surface area contributed by atoms with Gasteiger partial charge < -0.3 is 14.7 Å². The van der Waals surface area contributed by atoms with Crippen molar-refractivity contribution in [3.8, 4) is 0 Å². The molecule has 0 amide bonds. The highest BCUT2D eigenvalue weighted by molar-refractivity contribution is 4.58. The Morgan fingerprint density at radius 2 is 1.00 bits per heavy atom. The summed E-state index contributed by atoms with van der Waals surface area (Å²) in [6.07, 6.45) is 18.3. The predicted octanol–water partition coefficient (Wildman–Crippen LogP) is 5.80. The molecule has 3 heteroatoms. The third-order valence-corrected chi connectivity index (χ3v) is 4.90. The van der Waals surface area contributed by atoms with Crippen molar-refractivity contribution < 1.29 is 9.84 Å². The van der Waals surface area contributed by atoms with Gasteiger partial charge in [-0.3, -0.25) is 0 Å². The molecule has 0 rings (SSSR count). The third-order valence-electron chi connectivity index (χ3n) is 4.90. The molecule has 0 atom stereocenters. The molecule has 0 fully saturated rings. The van der Waals surface area contributed by atoms with Crippen LogP contribution >= 0.6 is 0 Å². The second kappa shape index (κ2) is 21.9. The summed E-state index contributed by atoms with van der Waals surface area (Å²) < 4.78 is 5.72. The molecular formula is C22H47NO2. The quantitative estimate of drug-likeness (QED) is 0.264. The monoisotopic (exact) mass is 357 g/mol. The molecule has 152 valence electrons. The summed E-state index contributed by atoms with van der Waals surface area (Å²) >= 11 is 0. The molecule has 0 aromatic rings. The first-order chi connectivity index (χ1) is 12.3. The zero-order valence-corrected chi connectivity index (χ0v) is 17.4. The largest absolute Gasteiger partial charge is 0.395 e. The maximum Gasteiger partial charge on any atom is 0.0558 e. The van der Waals surface area contributed by atoms with Gasteiger partial charge >= 0.3 is 0 Å². The molecule has 0 aliphatic rings. The fourth-order valence-electron chi connectivity index (χ4n) is 3.22. The number of ether oxygens (including phenoxy) is 1. The molecule has 0 unspecified atom stereocenters. The van der Waals surface area contributed by atoms with Crippen LogP contribution in [0.2, 0.25) is 0 Å². The van der Waals surface area contributed by atoms with Gasteiger partial charge in [0.15, 0.2) is 0 Å². The van der Waals surface area contributed by atoms with Gasteiger partial charge in [-0.05, 0) is 38.8 Å². The minimum atomic E-state index is 0.293. The Hall–Kier alpha value is -0.120.